The molecular formula is C21H17ClN4O2. The lowest BCUT2D eigenvalue weighted by Crippen LogP contribution is -2.32. The topological polar surface area (TPSA) is 68.4 Å². The molecule has 0 unspecified atom stereocenters. The molecule has 7 heteroatoms. The van der Waals surface area contributed by atoms with Crippen molar-refractivity contribution < 1.29 is 4.79 Å². The van der Waals surface area contributed by atoms with Crippen LogP contribution < -0.4 is 10.9 Å². The van der Waals surface area contributed by atoms with Gasteiger partial charge in [0, 0.05) is 29.5 Å². The predicted octanol–water partition coefficient (Wildman–Crippen LogP) is 3.13. The highest BCUT2D eigenvalue weighted by molar-refractivity contribution is 6.30. The summed E-state index contributed by atoms with van der Waals surface area (Å²) < 4.78 is 2.90. The summed E-state index contributed by atoms with van der Waals surface area (Å²) in [7, 11) is 0. The molecule has 0 spiro atoms. The van der Waals surface area contributed by atoms with Crippen molar-refractivity contribution in [2.45, 2.75) is 13.1 Å². The molecule has 0 aliphatic carbocycles. The molecule has 140 valence electrons. The third-order valence-electron chi connectivity index (χ3n) is 4.39. The second-order valence-electron chi connectivity index (χ2n) is 6.36. The Balaban J connectivity index is 1.53. The molecule has 0 aliphatic rings. The van der Waals surface area contributed by atoms with Crippen LogP contribution in [0.15, 0.2) is 77.9 Å². The number of rotatable bonds is 5. The molecule has 1 N–H and O–H groups in total. The number of hydrogen-bond donors (Lipinski definition) is 1. The first-order chi connectivity index (χ1) is 13.6. The first-order valence-electron chi connectivity index (χ1n) is 8.75. The highest BCUT2D eigenvalue weighted by atomic mass is 35.5. The van der Waals surface area contributed by atoms with Crippen LogP contribution in [0.3, 0.4) is 0 Å². The van der Waals surface area contributed by atoms with Gasteiger partial charge in [-0.25, -0.2) is 4.52 Å². The van der Waals surface area contributed by atoms with Crippen molar-refractivity contribution in [3.63, 3.8) is 0 Å². The molecule has 2 heterocycles. The van der Waals surface area contributed by atoms with Gasteiger partial charge in [0.05, 0.1) is 5.69 Å². The lowest BCUT2D eigenvalue weighted by Gasteiger charge is -2.07. The molecule has 0 saturated carbocycles. The maximum atomic E-state index is 12.7. The van der Waals surface area contributed by atoms with E-state index < -0.39 is 0 Å². The highest BCUT2D eigenvalue weighted by Crippen LogP contribution is 2.20. The third kappa shape index (κ3) is 3.82. The average molecular weight is 393 g/mol. The van der Waals surface area contributed by atoms with E-state index in [-0.39, 0.29) is 18.0 Å². The summed E-state index contributed by atoms with van der Waals surface area (Å²) in [6.07, 6.45) is 3.23. The number of nitrogens with zero attached hydrogens (tertiary/aromatic N) is 3. The number of aromatic nitrogens is 3. The minimum Gasteiger partial charge on any atom is -0.350 e. The molecule has 0 aliphatic heterocycles. The fraction of sp³-hybridized carbons (Fsp3) is 0.0952. The van der Waals surface area contributed by atoms with Gasteiger partial charge in [0.15, 0.2) is 0 Å². The zero-order valence-corrected chi connectivity index (χ0v) is 15.6. The van der Waals surface area contributed by atoms with E-state index in [1.54, 1.807) is 30.6 Å². The first kappa shape index (κ1) is 18.0. The van der Waals surface area contributed by atoms with Gasteiger partial charge in [-0.1, -0.05) is 54.1 Å². The van der Waals surface area contributed by atoms with Gasteiger partial charge in [0.2, 0.25) is 5.91 Å². The van der Waals surface area contributed by atoms with Crippen LogP contribution in [0.1, 0.15) is 5.56 Å². The van der Waals surface area contributed by atoms with Crippen molar-refractivity contribution in [3.05, 3.63) is 94.0 Å². The van der Waals surface area contributed by atoms with Crippen LogP contribution >= 0.6 is 11.6 Å². The van der Waals surface area contributed by atoms with E-state index >= 15 is 0 Å². The second-order valence-corrected chi connectivity index (χ2v) is 6.80. The van der Waals surface area contributed by atoms with Crippen LogP contribution in [0.2, 0.25) is 5.02 Å². The first-order valence-corrected chi connectivity index (χ1v) is 9.13. The summed E-state index contributed by atoms with van der Waals surface area (Å²) in [5.41, 5.74) is 2.66. The number of hydrogen-bond acceptors (Lipinski definition) is 3. The van der Waals surface area contributed by atoms with Gasteiger partial charge < -0.3 is 9.88 Å². The standard InChI is InChI=1S/C21H17ClN4O2/c22-17-8-6-16(7-9-17)18-12-19-21(28)25(10-11-26(19)24-18)14-20(27)23-13-15-4-2-1-3-5-15/h1-12H,13-14H2,(H,23,27). The van der Waals surface area contributed by atoms with E-state index in [4.69, 9.17) is 11.6 Å². The average Bonchev–Trinajstić information content (AvgIpc) is 3.15. The molecule has 0 fully saturated rings. The van der Waals surface area contributed by atoms with E-state index in [0.717, 1.165) is 11.1 Å². The third-order valence-corrected chi connectivity index (χ3v) is 4.64. The van der Waals surface area contributed by atoms with Crippen molar-refractivity contribution in [1.82, 2.24) is 19.5 Å². The lowest BCUT2D eigenvalue weighted by molar-refractivity contribution is -0.121. The van der Waals surface area contributed by atoms with Crippen molar-refractivity contribution in [1.29, 1.82) is 0 Å². The quantitative estimate of drug-likeness (QED) is 0.567. The van der Waals surface area contributed by atoms with Crippen LogP contribution in [-0.2, 0) is 17.9 Å². The monoisotopic (exact) mass is 392 g/mol. The van der Waals surface area contributed by atoms with E-state index in [9.17, 15) is 9.59 Å². The molecule has 2 aromatic heterocycles. The molecule has 4 rings (SSSR count). The Labute approximate surface area is 166 Å². The number of amides is 1. The second kappa shape index (κ2) is 7.70. The van der Waals surface area contributed by atoms with Crippen LogP contribution in [0.5, 0.6) is 0 Å². The summed E-state index contributed by atoms with van der Waals surface area (Å²) in [5, 5.41) is 7.89. The van der Waals surface area contributed by atoms with Crippen molar-refractivity contribution in [2.24, 2.45) is 0 Å². The maximum absolute atomic E-state index is 12.7. The number of carbonyl (C=O) groups is 1. The molecule has 2 aromatic carbocycles. The largest absolute Gasteiger partial charge is 0.350 e. The van der Waals surface area contributed by atoms with Crippen molar-refractivity contribution in [2.75, 3.05) is 0 Å². The van der Waals surface area contributed by atoms with E-state index in [2.05, 4.69) is 10.4 Å². The van der Waals surface area contributed by atoms with Gasteiger partial charge in [0.1, 0.15) is 12.1 Å². The van der Waals surface area contributed by atoms with E-state index in [1.807, 2.05) is 42.5 Å². The minimum atomic E-state index is -0.273. The summed E-state index contributed by atoms with van der Waals surface area (Å²) in [6.45, 7) is 0.369. The van der Waals surface area contributed by atoms with E-state index in [1.165, 1.54) is 9.08 Å². The minimum absolute atomic E-state index is 0.0520. The highest BCUT2D eigenvalue weighted by Gasteiger charge is 2.11. The van der Waals surface area contributed by atoms with Gasteiger partial charge >= 0.3 is 0 Å². The van der Waals surface area contributed by atoms with Crippen LogP contribution in [0.25, 0.3) is 16.8 Å². The van der Waals surface area contributed by atoms with Gasteiger partial charge in [0.25, 0.3) is 5.56 Å². The molecular weight excluding hydrogens is 376 g/mol. The van der Waals surface area contributed by atoms with Crippen molar-refractivity contribution in [3.8, 4) is 11.3 Å². The molecule has 6 nitrogen and oxygen atoms in total. The summed E-state index contributed by atoms with van der Waals surface area (Å²) >= 11 is 5.92. The van der Waals surface area contributed by atoms with Gasteiger partial charge in [-0.3, -0.25) is 9.59 Å². The number of carbonyl (C=O) groups excluding carboxylic acids is 1. The Morgan fingerprint density at radius 1 is 1.04 bits per heavy atom. The Hall–Kier alpha value is -3.38. The Morgan fingerprint density at radius 2 is 1.79 bits per heavy atom. The maximum Gasteiger partial charge on any atom is 0.277 e. The molecule has 28 heavy (non-hydrogen) atoms. The molecule has 1 amide bonds. The number of nitrogens with one attached hydrogen (secondary N) is 1. The summed E-state index contributed by atoms with van der Waals surface area (Å²) in [4.78, 5) is 25.0. The van der Waals surface area contributed by atoms with Crippen molar-refractivity contribution >= 4 is 23.0 Å². The van der Waals surface area contributed by atoms with Gasteiger partial charge in [-0.15, -0.1) is 0 Å². The van der Waals surface area contributed by atoms with Crippen LogP contribution in [-0.4, -0.2) is 20.1 Å². The molecule has 0 atom stereocenters. The van der Waals surface area contributed by atoms with Gasteiger partial charge in [-0.05, 0) is 23.8 Å². The van der Waals surface area contributed by atoms with Gasteiger partial charge in [-0.2, -0.15) is 5.10 Å². The smallest absolute Gasteiger partial charge is 0.277 e. The normalized spacial score (nSPS) is 10.9. The molecule has 0 saturated heterocycles. The number of benzene rings is 2. The van der Waals surface area contributed by atoms with Crippen LogP contribution in [0.4, 0.5) is 0 Å². The molecule has 0 bridgehead atoms. The zero-order chi connectivity index (χ0) is 19.5. The summed E-state index contributed by atoms with van der Waals surface area (Å²) in [6, 6.07) is 18.6. The summed E-state index contributed by atoms with van der Waals surface area (Å²) in [5.74, 6) is -0.229. The van der Waals surface area contributed by atoms with Crippen LogP contribution in [0, 0.1) is 0 Å². The molecule has 0 radical (unpaired) electrons. The Bertz CT molecular complexity index is 1180. The zero-order valence-electron chi connectivity index (χ0n) is 14.9. The Kier molecular flexibility index (Phi) is 4.95. The fourth-order valence-corrected chi connectivity index (χ4v) is 3.05. The predicted molar refractivity (Wildman–Crippen MR) is 108 cm³/mol. The molecule has 4 aromatic rings. The fourth-order valence-electron chi connectivity index (χ4n) is 2.92. The van der Waals surface area contributed by atoms with E-state index in [0.29, 0.717) is 22.8 Å². The Morgan fingerprint density at radius 3 is 2.54 bits per heavy atom. The number of fused-ring (bicyclic) bond motifs is 1. The number of halogens is 1. The SMILES string of the molecule is O=C(Cn1ccn2nc(-c3ccc(Cl)cc3)cc2c1=O)NCc1ccccc1. The lowest BCUT2D eigenvalue weighted by atomic mass is 10.1.